The summed E-state index contributed by atoms with van der Waals surface area (Å²) >= 11 is 5.95. The van der Waals surface area contributed by atoms with E-state index in [9.17, 15) is 4.79 Å². The lowest BCUT2D eigenvalue weighted by atomic mass is 10.2. The van der Waals surface area contributed by atoms with Gasteiger partial charge in [0.2, 0.25) is 11.9 Å². The lowest BCUT2D eigenvalue weighted by molar-refractivity contribution is -0.126. The monoisotopic (exact) mass is 352 g/mol. The molecule has 1 aliphatic carbocycles. The van der Waals surface area contributed by atoms with Crippen molar-refractivity contribution >= 4 is 29.3 Å². The molecule has 1 aromatic rings. The van der Waals surface area contributed by atoms with Crippen LogP contribution in [-0.4, -0.2) is 59.0 Å². The van der Waals surface area contributed by atoms with Crippen molar-refractivity contribution in [3.05, 3.63) is 11.2 Å². The molecule has 1 atom stereocenters. The molecule has 0 bridgehead atoms. The maximum Gasteiger partial charge on any atom is 0.237 e. The van der Waals surface area contributed by atoms with Crippen molar-refractivity contribution in [2.75, 3.05) is 36.8 Å². The fourth-order valence-electron chi connectivity index (χ4n) is 3.48. The van der Waals surface area contributed by atoms with Gasteiger partial charge in [-0.25, -0.2) is 4.98 Å². The van der Waals surface area contributed by atoms with Crippen molar-refractivity contribution < 1.29 is 4.79 Å². The Morgan fingerprint density at radius 3 is 2.58 bits per heavy atom. The van der Waals surface area contributed by atoms with Gasteiger partial charge in [0.15, 0.2) is 0 Å². The third-order valence-electron chi connectivity index (χ3n) is 4.97. The van der Waals surface area contributed by atoms with Gasteiger partial charge in [0.05, 0.1) is 6.04 Å². The number of amides is 1. The molecule has 1 unspecified atom stereocenters. The van der Waals surface area contributed by atoms with Crippen LogP contribution in [0.3, 0.4) is 0 Å². The van der Waals surface area contributed by atoms with Gasteiger partial charge in [-0.05, 0) is 19.8 Å². The zero-order valence-corrected chi connectivity index (χ0v) is 14.8. The van der Waals surface area contributed by atoms with E-state index in [-0.39, 0.29) is 17.9 Å². The summed E-state index contributed by atoms with van der Waals surface area (Å²) < 4.78 is 0. The Morgan fingerprint density at radius 2 is 1.96 bits per heavy atom. The lowest BCUT2D eigenvalue weighted by Crippen LogP contribution is -2.55. The van der Waals surface area contributed by atoms with Crippen molar-refractivity contribution in [3.8, 4) is 0 Å². The predicted molar refractivity (Wildman–Crippen MR) is 95.1 cm³/mol. The van der Waals surface area contributed by atoms with E-state index >= 15 is 0 Å². The maximum absolute atomic E-state index is 12.4. The Labute approximate surface area is 147 Å². The SMILES string of the molecule is CC(C(=O)NC1CCCC1)N1CCN(c2cc(Cl)nc(N)n2)CC1. The highest BCUT2D eigenvalue weighted by molar-refractivity contribution is 6.29. The van der Waals surface area contributed by atoms with Crippen LogP contribution >= 0.6 is 11.6 Å². The topological polar surface area (TPSA) is 87.4 Å². The van der Waals surface area contributed by atoms with E-state index in [0.29, 0.717) is 11.2 Å². The molecule has 3 N–H and O–H groups in total. The van der Waals surface area contributed by atoms with Gasteiger partial charge in [-0.15, -0.1) is 0 Å². The number of anilines is 2. The first kappa shape index (κ1) is 17.2. The van der Waals surface area contributed by atoms with Crippen molar-refractivity contribution in [1.29, 1.82) is 0 Å². The van der Waals surface area contributed by atoms with Gasteiger partial charge < -0.3 is 16.0 Å². The molecule has 24 heavy (non-hydrogen) atoms. The third-order valence-corrected chi connectivity index (χ3v) is 5.16. The van der Waals surface area contributed by atoms with Crippen molar-refractivity contribution in [3.63, 3.8) is 0 Å². The summed E-state index contributed by atoms with van der Waals surface area (Å²) in [6.45, 7) is 5.17. The van der Waals surface area contributed by atoms with E-state index in [2.05, 4.69) is 25.1 Å². The van der Waals surface area contributed by atoms with Crippen LogP contribution < -0.4 is 16.0 Å². The molecule has 1 aromatic heterocycles. The Morgan fingerprint density at radius 1 is 1.29 bits per heavy atom. The number of hydrogen-bond donors (Lipinski definition) is 2. The Bertz CT molecular complexity index is 564. The second-order valence-corrected chi connectivity index (χ2v) is 6.98. The van der Waals surface area contributed by atoms with Crippen LogP contribution in [0.15, 0.2) is 6.07 Å². The highest BCUT2D eigenvalue weighted by atomic mass is 35.5. The van der Waals surface area contributed by atoms with Crippen LogP contribution in [0, 0.1) is 0 Å². The Hall–Kier alpha value is -1.60. The fourth-order valence-corrected chi connectivity index (χ4v) is 3.67. The summed E-state index contributed by atoms with van der Waals surface area (Å²) in [4.78, 5) is 24.9. The van der Waals surface area contributed by atoms with Crippen LogP contribution in [0.4, 0.5) is 11.8 Å². The van der Waals surface area contributed by atoms with E-state index in [1.165, 1.54) is 12.8 Å². The van der Waals surface area contributed by atoms with Gasteiger partial charge in [-0.2, -0.15) is 4.98 Å². The van der Waals surface area contributed by atoms with Gasteiger partial charge in [0.1, 0.15) is 11.0 Å². The number of rotatable bonds is 4. The zero-order valence-electron chi connectivity index (χ0n) is 14.0. The lowest BCUT2D eigenvalue weighted by Gasteiger charge is -2.38. The number of nitrogens with one attached hydrogen (secondary N) is 1. The molecule has 2 aliphatic rings. The Balaban J connectivity index is 1.53. The molecule has 1 amide bonds. The van der Waals surface area contributed by atoms with Crippen LogP contribution in [0.5, 0.6) is 0 Å². The largest absolute Gasteiger partial charge is 0.368 e. The van der Waals surface area contributed by atoms with E-state index < -0.39 is 0 Å². The van der Waals surface area contributed by atoms with E-state index in [4.69, 9.17) is 17.3 Å². The number of nitrogens with zero attached hydrogens (tertiary/aromatic N) is 4. The van der Waals surface area contributed by atoms with E-state index in [1.807, 2.05) is 6.92 Å². The first-order chi connectivity index (χ1) is 11.5. The molecule has 132 valence electrons. The van der Waals surface area contributed by atoms with Crippen LogP contribution in [0.1, 0.15) is 32.6 Å². The number of nitrogens with two attached hydrogens (primary N) is 1. The summed E-state index contributed by atoms with van der Waals surface area (Å²) in [6, 6.07) is 1.99. The van der Waals surface area contributed by atoms with E-state index in [0.717, 1.165) is 44.8 Å². The molecule has 3 rings (SSSR count). The number of piperazine rings is 1. The highest BCUT2D eigenvalue weighted by Crippen LogP contribution is 2.20. The third kappa shape index (κ3) is 4.08. The first-order valence-corrected chi connectivity index (χ1v) is 9.00. The fraction of sp³-hybridized carbons (Fsp3) is 0.688. The number of halogens is 1. The van der Waals surface area contributed by atoms with Crippen molar-refractivity contribution in [2.24, 2.45) is 0 Å². The average molecular weight is 353 g/mol. The van der Waals surface area contributed by atoms with E-state index in [1.54, 1.807) is 6.07 Å². The molecule has 0 spiro atoms. The van der Waals surface area contributed by atoms with Gasteiger partial charge in [0, 0.05) is 38.3 Å². The molecule has 2 fully saturated rings. The molecule has 7 nitrogen and oxygen atoms in total. The molecule has 1 saturated carbocycles. The summed E-state index contributed by atoms with van der Waals surface area (Å²) in [5.41, 5.74) is 5.66. The summed E-state index contributed by atoms with van der Waals surface area (Å²) in [5, 5.41) is 3.54. The number of nitrogen functional groups attached to an aromatic ring is 1. The number of hydrogen-bond acceptors (Lipinski definition) is 6. The minimum atomic E-state index is -0.105. The number of aromatic nitrogens is 2. The first-order valence-electron chi connectivity index (χ1n) is 8.62. The van der Waals surface area contributed by atoms with Crippen LogP contribution in [0.2, 0.25) is 5.15 Å². The minimum absolute atomic E-state index is 0.105. The zero-order chi connectivity index (χ0) is 17.1. The molecule has 1 aliphatic heterocycles. The maximum atomic E-state index is 12.4. The van der Waals surface area contributed by atoms with Gasteiger partial charge in [-0.1, -0.05) is 24.4 Å². The van der Waals surface area contributed by atoms with Gasteiger partial charge in [0.25, 0.3) is 0 Å². The molecule has 1 saturated heterocycles. The molecule has 2 heterocycles. The standard InChI is InChI=1S/C16H25ClN6O/c1-11(15(24)19-12-4-2-3-5-12)22-6-8-23(9-7-22)14-10-13(17)20-16(18)21-14/h10-12H,2-9H2,1H3,(H,19,24)(H2,18,20,21). The second kappa shape index (κ2) is 7.53. The minimum Gasteiger partial charge on any atom is -0.368 e. The smallest absolute Gasteiger partial charge is 0.237 e. The number of carbonyl (C=O) groups is 1. The van der Waals surface area contributed by atoms with Crippen molar-refractivity contribution in [2.45, 2.75) is 44.7 Å². The molecule has 0 radical (unpaired) electrons. The van der Waals surface area contributed by atoms with Gasteiger partial charge >= 0.3 is 0 Å². The second-order valence-electron chi connectivity index (χ2n) is 6.60. The predicted octanol–water partition coefficient (Wildman–Crippen LogP) is 1.28. The number of carbonyl (C=O) groups excluding carboxylic acids is 1. The molecular weight excluding hydrogens is 328 g/mol. The molecular formula is C16H25ClN6O. The van der Waals surface area contributed by atoms with Crippen LogP contribution in [0.25, 0.3) is 0 Å². The van der Waals surface area contributed by atoms with Crippen molar-refractivity contribution in [1.82, 2.24) is 20.2 Å². The molecule has 8 heteroatoms. The van der Waals surface area contributed by atoms with Crippen LogP contribution in [-0.2, 0) is 4.79 Å². The summed E-state index contributed by atoms with van der Waals surface area (Å²) in [5.74, 6) is 1.07. The molecule has 0 aromatic carbocycles. The summed E-state index contributed by atoms with van der Waals surface area (Å²) in [6.07, 6.45) is 4.68. The highest BCUT2D eigenvalue weighted by Gasteiger charge is 2.28. The Kier molecular flexibility index (Phi) is 5.40. The quantitative estimate of drug-likeness (QED) is 0.794. The van der Waals surface area contributed by atoms with Gasteiger partial charge in [-0.3, -0.25) is 9.69 Å². The summed E-state index contributed by atoms with van der Waals surface area (Å²) in [7, 11) is 0. The average Bonchev–Trinajstić information content (AvgIpc) is 3.06. The normalized spacial score (nSPS) is 21.0.